The summed E-state index contributed by atoms with van der Waals surface area (Å²) in [5.74, 6) is 0.357. The first-order chi connectivity index (χ1) is 8.86. The van der Waals surface area contributed by atoms with E-state index in [0.717, 1.165) is 43.1 Å². The van der Waals surface area contributed by atoms with Crippen LogP contribution in [-0.2, 0) is 4.74 Å². The van der Waals surface area contributed by atoms with Crippen LogP contribution in [0, 0.1) is 0 Å². The highest BCUT2D eigenvalue weighted by molar-refractivity contribution is 5.83. The molecule has 0 radical (unpaired) electrons. The molecule has 2 N–H and O–H groups in total. The van der Waals surface area contributed by atoms with Gasteiger partial charge in [0, 0.05) is 24.3 Å². The maximum Gasteiger partial charge on any atom is 0.230 e. The van der Waals surface area contributed by atoms with Crippen molar-refractivity contribution in [3.8, 4) is 11.1 Å². The van der Waals surface area contributed by atoms with Crippen molar-refractivity contribution in [1.82, 2.24) is 5.16 Å². The number of nitrogens with zero attached hydrogens (tertiary/aromatic N) is 2. The maximum atomic E-state index is 5.80. The minimum absolute atomic E-state index is 0.357. The van der Waals surface area contributed by atoms with Gasteiger partial charge in [-0.25, -0.2) is 0 Å². The van der Waals surface area contributed by atoms with E-state index in [2.05, 4.69) is 16.1 Å². The van der Waals surface area contributed by atoms with E-state index in [-0.39, 0.29) is 0 Å². The Hall–Kier alpha value is -2.01. The minimum atomic E-state index is 0.357. The van der Waals surface area contributed by atoms with Crippen LogP contribution >= 0.6 is 0 Å². The predicted octanol–water partition coefficient (Wildman–Crippen LogP) is 1.76. The Balaban J connectivity index is 2.02. The van der Waals surface area contributed by atoms with E-state index in [1.807, 2.05) is 18.2 Å². The number of morpholine rings is 1. The summed E-state index contributed by atoms with van der Waals surface area (Å²) in [5.41, 5.74) is 8.85. The average Bonchev–Trinajstić information content (AvgIpc) is 2.86. The molecule has 5 heteroatoms. The molecular formula is C13H15N3O2. The number of anilines is 2. The fraction of sp³-hybridized carbons (Fsp3) is 0.308. The van der Waals surface area contributed by atoms with Crippen LogP contribution in [-0.4, -0.2) is 31.5 Å². The van der Waals surface area contributed by atoms with E-state index in [1.54, 1.807) is 6.20 Å². The number of hydrogen-bond acceptors (Lipinski definition) is 5. The molecule has 0 atom stereocenters. The second-order valence-corrected chi connectivity index (χ2v) is 4.22. The summed E-state index contributed by atoms with van der Waals surface area (Å²) in [6, 6.07) is 8.14. The summed E-state index contributed by atoms with van der Waals surface area (Å²) >= 11 is 0. The SMILES string of the molecule is Nc1oncc1-c1ccccc1N1CCOCC1. The molecule has 2 heterocycles. The van der Waals surface area contributed by atoms with Crippen LogP contribution in [0.5, 0.6) is 0 Å². The molecule has 3 rings (SSSR count). The third-order valence-corrected chi connectivity index (χ3v) is 3.14. The molecule has 5 nitrogen and oxygen atoms in total. The molecule has 18 heavy (non-hydrogen) atoms. The van der Waals surface area contributed by atoms with E-state index in [0.29, 0.717) is 5.88 Å². The van der Waals surface area contributed by atoms with Gasteiger partial charge in [0.15, 0.2) is 0 Å². The lowest BCUT2D eigenvalue weighted by atomic mass is 10.1. The van der Waals surface area contributed by atoms with Crippen molar-refractivity contribution < 1.29 is 9.26 Å². The second-order valence-electron chi connectivity index (χ2n) is 4.22. The van der Waals surface area contributed by atoms with Crippen LogP contribution in [0.1, 0.15) is 0 Å². The fourth-order valence-corrected chi connectivity index (χ4v) is 2.23. The van der Waals surface area contributed by atoms with Gasteiger partial charge in [0.25, 0.3) is 0 Å². The lowest BCUT2D eigenvalue weighted by Crippen LogP contribution is -2.36. The summed E-state index contributed by atoms with van der Waals surface area (Å²) in [4.78, 5) is 2.30. The smallest absolute Gasteiger partial charge is 0.230 e. The largest absolute Gasteiger partial charge is 0.378 e. The highest BCUT2D eigenvalue weighted by atomic mass is 16.5. The highest BCUT2D eigenvalue weighted by Gasteiger charge is 2.17. The molecule has 1 aromatic heterocycles. The number of benzene rings is 1. The lowest BCUT2D eigenvalue weighted by molar-refractivity contribution is 0.123. The molecule has 0 unspecified atom stereocenters. The molecule has 1 saturated heterocycles. The van der Waals surface area contributed by atoms with E-state index in [4.69, 9.17) is 15.0 Å². The Bertz CT molecular complexity index is 533. The quantitative estimate of drug-likeness (QED) is 0.873. The number of rotatable bonds is 2. The van der Waals surface area contributed by atoms with Gasteiger partial charge in [0.1, 0.15) is 0 Å². The number of para-hydroxylation sites is 1. The Morgan fingerprint density at radius 2 is 1.89 bits per heavy atom. The van der Waals surface area contributed by atoms with Crippen molar-refractivity contribution in [3.63, 3.8) is 0 Å². The van der Waals surface area contributed by atoms with Crippen LogP contribution in [0.25, 0.3) is 11.1 Å². The van der Waals surface area contributed by atoms with Crippen molar-refractivity contribution in [2.45, 2.75) is 0 Å². The van der Waals surface area contributed by atoms with Gasteiger partial charge < -0.3 is 19.9 Å². The molecule has 1 aliphatic heterocycles. The number of ether oxygens (including phenoxy) is 1. The summed E-state index contributed by atoms with van der Waals surface area (Å²) in [5, 5.41) is 3.74. The van der Waals surface area contributed by atoms with Crippen molar-refractivity contribution in [1.29, 1.82) is 0 Å². The number of nitrogen functional groups attached to an aromatic ring is 1. The van der Waals surface area contributed by atoms with Crippen LogP contribution in [0.15, 0.2) is 35.0 Å². The Morgan fingerprint density at radius 3 is 2.61 bits per heavy atom. The van der Waals surface area contributed by atoms with Crippen LogP contribution in [0.3, 0.4) is 0 Å². The zero-order chi connectivity index (χ0) is 12.4. The standard InChI is InChI=1S/C13H15N3O2/c14-13-11(9-15-18-13)10-3-1-2-4-12(10)16-5-7-17-8-6-16/h1-4,9H,5-8,14H2. The molecule has 1 aromatic carbocycles. The van der Waals surface area contributed by atoms with Crippen molar-refractivity contribution in [2.75, 3.05) is 36.9 Å². The van der Waals surface area contributed by atoms with Gasteiger partial charge in [-0.3, -0.25) is 0 Å². The summed E-state index contributed by atoms with van der Waals surface area (Å²) in [6.07, 6.45) is 1.66. The molecule has 0 amide bonds. The Morgan fingerprint density at radius 1 is 1.11 bits per heavy atom. The zero-order valence-corrected chi connectivity index (χ0v) is 10.0. The lowest BCUT2D eigenvalue weighted by Gasteiger charge is -2.30. The second kappa shape index (κ2) is 4.70. The van der Waals surface area contributed by atoms with Gasteiger partial charge in [-0.05, 0) is 6.07 Å². The first kappa shape index (κ1) is 11.1. The maximum absolute atomic E-state index is 5.80. The molecule has 94 valence electrons. The topological polar surface area (TPSA) is 64.5 Å². The van der Waals surface area contributed by atoms with E-state index < -0.39 is 0 Å². The van der Waals surface area contributed by atoms with Gasteiger partial charge in [-0.15, -0.1) is 0 Å². The number of aromatic nitrogens is 1. The Labute approximate surface area is 105 Å². The third kappa shape index (κ3) is 1.93. The molecule has 1 fully saturated rings. The highest BCUT2D eigenvalue weighted by Crippen LogP contribution is 2.34. The van der Waals surface area contributed by atoms with E-state index in [1.165, 1.54) is 0 Å². The third-order valence-electron chi connectivity index (χ3n) is 3.14. The minimum Gasteiger partial charge on any atom is -0.378 e. The van der Waals surface area contributed by atoms with E-state index >= 15 is 0 Å². The summed E-state index contributed by atoms with van der Waals surface area (Å²) < 4.78 is 10.3. The van der Waals surface area contributed by atoms with Gasteiger partial charge in [0.2, 0.25) is 5.88 Å². The monoisotopic (exact) mass is 245 g/mol. The fourth-order valence-electron chi connectivity index (χ4n) is 2.23. The molecule has 0 spiro atoms. The number of hydrogen-bond donors (Lipinski definition) is 1. The average molecular weight is 245 g/mol. The first-order valence-corrected chi connectivity index (χ1v) is 5.98. The van der Waals surface area contributed by atoms with Crippen molar-refractivity contribution in [2.24, 2.45) is 0 Å². The van der Waals surface area contributed by atoms with E-state index in [9.17, 15) is 0 Å². The van der Waals surface area contributed by atoms with Gasteiger partial charge in [0.05, 0.1) is 25.0 Å². The van der Waals surface area contributed by atoms with Crippen molar-refractivity contribution >= 4 is 11.6 Å². The molecule has 1 aliphatic rings. The van der Waals surface area contributed by atoms with Gasteiger partial charge in [-0.1, -0.05) is 23.4 Å². The Kier molecular flexibility index (Phi) is 2.90. The normalized spacial score (nSPS) is 15.9. The van der Waals surface area contributed by atoms with Crippen LogP contribution in [0.2, 0.25) is 0 Å². The first-order valence-electron chi connectivity index (χ1n) is 5.98. The predicted molar refractivity (Wildman–Crippen MR) is 69.4 cm³/mol. The van der Waals surface area contributed by atoms with Gasteiger partial charge >= 0.3 is 0 Å². The number of nitrogens with two attached hydrogens (primary N) is 1. The molecule has 0 aliphatic carbocycles. The van der Waals surface area contributed by atoms with Crippen molar-refractivity contribution in [3.05, 3.63) is 30.5 Å². The molecule has 0 saturated carbocycles. The molecular weight excluding hydrogens is 230 g/mol. The molecule has 0 bridgehead atoms. The summed E-state index contributed by atoms with van der Waals surface area (Å²) in [6.45, 7) is 3.30. The summed E-state index contributed by atoms with van der Waals surface area (Å²) in [7, 11) is 0. The van der Waals surface area contributed by atoms with Crippen LogP contribution < -0.4 is 10.6 Å². The van der Waals surface area contributed by atoms with Crippen LogP contribution in [0.4, 0.5) is 11.6 Å². The zero-order valence-electron chi connectivity index (χ0n) is 10.0. The molecule has 2 aromatic rings. The van der Waals surface area contributed by atoms with Gasteiger partial charge in [-0.2, -0.15) is 0 Å².